The van der Waals surface area contributed by atoms with Crippen molar-refractivity contribution in [2.45, 2.75) is 44.6 Å². The number of nitrogens with one attached hydrogen (secondary N) is 2. The molecule has 0 spiro atoms. The Kier molecular flexibility index (Phi) is 3.94. The Bertz CT molecular complexity index is 247. The fraction of sp³-hybridized carbons (Fsp3) is 0.800. The van der Waals surface area contributed by atoms with Crippen molar-refractivity contribution >= 4 is 11.9 Å². The fourth-order valence-electron chi connectivity index (χ4n) is 2.01. The van der Waals surface area contributed by atoms with Gasteiger partial charge in [0.05, 0.1) is 0 Å². The lowest BCUT2D eigenvalue weighted by atomic mass is 9.81. The first-order valence-electron chi connectivity index (χ1n) is 5.46. The highest BCUT2D eigenvalue weighted by Crippen LogP contribution is 2.27. The standard InChI is InChI=1S/C10H19N3O2/c1-2-12-9(15)13-10(8(11)14)6-4-3-5-7-10/h2-7H2,1H3,(H2,11,14)(H2,12,13,15). The number of rotatable bonds is 3. The van der Waals surface area contributed by atoms with Crippen molar-refractivity contribution < 1.29 is 9.59 Å². The van der Waals surface area contributed by atoms with Crippen LogP contribution in [0.3, 0.4) is 0 Å². The molecule has 0 heterocycles. The van der Waals surface area contributed by atoms with Crippen molar-refractivity contribution in [3.63, 3.8) is 0 Å². The second-order valence-corrected chi connectivity index (χ2v) is 3.99. The Balaban J connectivity index is 2.64. The van der Waals surface area contributed by atoms with Crippen LogP contribution in [0.4, 0.5) is 4.79 Å². The smallest absolute Gasteiger partial charge is 0.315 e. The van der Waals surface area contributed by atoms with Crippen molar-refractivity contribution in [2.75, 3.05) is 6.54 Å². The Morgan fingerprint density at radius 3 is 2.33 bits per heavy atom. The maximum atomic E-state index is 11.4. The average Bonchev–Trinajstić information content (AvgIpc) is 2.19. The summed E-state index contributed by atoms with van der Waals surface area (Å²) >= 11 is 0. The van der Waals surface area contributed by atoms with Crippen LogP contribution in [-0.4, -0.2) is 24.0 Å². The van der Waals surface area contributed by atoms with Crippen LogP contribution in [0.1, 0.15) is 39.0 Å². The van der Waals surface area contributed by atoms with Crippen LogP contribution in [0.5, 0.6) is 0 Å². The van der Waals surface area contributed by atoms with E-state index in [2.05, 4.69) is 10.6 Å². The first-order chi connectivity index (χ1) is 7.10. The molecule has 3 amide bonds. The highest BCUT2D eigenvalue weighted by Gasteiger charge is 2.39. The van der Waals surface area contributed by atoms with Gasteiger partial charge in [-0.3, -0.25) is 4.79 Å². The highest BCUT2D eigenvalue weighted by atomic mass is 16.2. The van der Waals surface area contributed by atoms with Crippen molar-refractivity contribution in [1.29, 1.82) is 0 Å². The third kappa shape index (κ3) is 2.84. The quantitative estimate of drug-likeness (QED) is 0.637. The van der Waals surface area contributed by atoms with Crippen molar-refractivity contribution in [3.05, 3.63) is 0 Å². The van der Waals surface area contributed by atoms with Gasteiger partial charge >= 0.3 is 6.03 Å². The van der Waals surface area contributed by atoms with Crippen LogP contribution >= 0.6 is 0 Å². The number of hydrogen-bond acceptors (Lipinski definition) is 2. The van der Waals surface area contributed by atoms with Crippen LogP contribution < -0.4 is 16.4 Å². The lowest BCUT2D eigenvalue weighted by Gasteiger charge is -2.34. The zero-order valence-corrected chi connectivity index (χ0v) is 9.14. The molecule has 1 aliphatic carbocycles. The Hall–Kier alpha value is -1.26. The number of carbonyl (C=O) groups is 2. The lowest BCUT2D eigenvalue weighted by Crippen LogP contribution is -2.60. The third-order valence-electron chi connectivity index (χ3n) is 2.87. The molecule has 5 heteroatoms. The zero-order valence-electron chi connectivity index (χ0n) is 9.14. The molecule has 0 aromatic heterocycles. The molecule has 0 aromatic rings. The molecule has 15 heavy (non-hydrogen) atoms. The van der Waals surface area contributed by atoms with Gasteiger partial charge in [0.15, 0.2) is 0 Å². The van der Waals surface area contributed by atoms with Crippen LogP contribution in [0.2, 0.25) is 0 Å². The van der Waals surface area contributed by atoms with Crippen molar-refractivity contribution in [1.82, 2.24) is 10.6 Å². The van der Waals surface area contributed by atoms with Crippen LogP contribution in [-0.2, 0) is 4.79 Å². The van der Waals surface area contributed by atoms with Gasteiger partial charge in [0.1, 0.15) is 5.54 Å². The summed E-state index contributed by atoms with van der Waals surface area (Å²) in [4.78, 5) is 22.8. The summed E-state index contributed by atoms with van der Waals surface area (Å²) in [6.07, 6.45) is 4.29. The van der Waals surface area contributed by atoms with E-state index in [0.29, 0.717) is 19.4 Å². The maximum Gasteiger partial charge on any atom is 0.315 e. The van der Waals surface area contributed by atoms with Gasteiger partial charge in [-0.25, -0.2) is 4.79 Å². The predicted molar refractivity (Wildman–Crippen MR) is 57.2 cm³/mol. The first kappa shape index (κ1) is 11.8. The number of urea groups is 1. The van der Waals surface area contributed by atoms with E-state index in [1.165, 1.54) is 0 Å². The SMILES string of the molecule is CCNC(=O)NC1(C(N)=O)CCCCC1. The van der Waals surface area contributed by atoms with E-state index in [-0.39, 0.29) is 6.03 Å². The Morgan fingerprint density at radius 1 is 1.27 bits per heavy atom. The second-order valence-electron chi connectivity index (χ2n) is 3.99. The van der Waals surface area contributed by atoms with Crippen LogP contribution in [0.15, 0.2) is 0 Å². The fourth-order valence-corrected chi connectivity index (χ4v) is 2.01. The maximum absolute atomic E-state index is 11.4. The van der Waals surface area contributed by atoms with E-state index in [9.17, 15) is 9.59 Å². The summed E-state index contributed by atoms with van der Waals surface area (Å²) in [6.45, 7) is 2.37. The number of hydrogen-bond donors (Lipinski definition) is 3. The van der Waals surface area contributed by atoms with Gasteiger partial charge in [-0.15, -0.1) is 0 Å². The van der Waals surface area contributed by atoms with E-state index in [1.807, 2.05) is 6.92 Å². The van der Waals surface area contributed by atoms with Gasteiger partial charge in [-0.05, 0) is 19.8 Å². The summed E-state index contributed by atoms with van der Waals surface area (Å²) in [5.74, 6) is -0.423. The molecule has 0 aromatic carbocycles. The minimum atomic E-state index is -0.822. The van der Waals surface area contributed by atoms with E-state index in [0.717, 1.165) is 19.3 Å². The van der Waals surface area contributed by atoms with Gasteiger partial charge in [0.25, 0.3) is 0 Å². The van der Waals surface area contributed by atoms with E-state index >= 15 is 0 Å². The van der Waals surface area contributed by atoms with Crippen LogP contribution in [0, 0.1) is 0 Å². The lowest BCUT2D eigenvalue weighted by molar-refractivity contribution is -0.125. The number of amides is 3. The number of carbonyl (C=O) groups excluding carboxylic acids is 2. The molecule has 1 aliphatic rings. The summed E-state index contributed by atoms with van der Waals surface area (Å²) < 4.78 is 0. The third-order valence-corrected chi connectivity index (χ3v) is 2.87. The summed E-state index contributed by atoms with van der Waals surface area (Å²) in [5.41, 5.74) is 4.54. The summed E-state index contributed by atoms with van der Waals surface area (Å²) in [7, 11) is 0. The zero-order chi connectivity index (χ0) is 11.3. The molecule has 0 atom stereocenters. The number of primary amides is 1. The van der Waals surface area contributed by atoms with Gasteiger partial charge in [-0.1, -0.05) is 19.3 Å². The normalized spacial score (nSPS) is 19.3. The Morgan fingerprint density at radius 2 is 1.87 bits per heavy atom. The molecule has 0 aliphatic heterocycles. The monoisotopic (exact) mass is 213 g/mol. The van der Waals surface area contributed by atoms with Gasteiger partial charge in [0, 0.05) is 6.54 Å². The molecule has 4 N–H and O–H groups in total. The minimum Gasteiger partial charge on any atom is -0.368 e. The van der Waals surface area contributed by atoms with Gasteiger partial charge in [0.2, 0.25) is 5.91 Å². The minimum absolute atomic E-state index is 0.307. The number of nitrogens with two attached hydrogens (primary N) is 1. The highest BCUT2D eigenvalue weighted by molar-refractivity contribution is 5.89. The topological polar surface area (TPSA) is 84.2 Å². The Labute approximate surface area is 89.8 Å². The molecule has 1 fully saturated rings. The molecule has 1 rings (SSSR count). The van der Waals surface area contributed by atoms with Crippen LogP contribution in [0.25, 0.3) is 0 Å². The molecule has 86 valence electrons. The molecular weight excluding hydrogens is 194 g/mol. The molecule has 0 saturated heterocycles. The largest absolute Gasteiger partial charge is 0.368 e. The van der Waals surface area contributed by atoms with Gasteiger partial charge in [-0.2, -0.15) is 0 Å². The van der Waals surface area contributed by atoms with E-state index in [4.69, 9.17) is 5.73 Å². The summed E-state index contributed by atoms with van der Waals surface area (Å²) in [6, 6.07) is -0.307. The molecule has 0 unspecified atom stereocenters. The molecule has 1 saturated carbocycles. The molecule has 0 bridgehead atoms. The van der Waals surface area contributed by atoms with Crippen molar-refractivity contribution in [3.8, 4) is 0 Å². The summed E-state index contributed by atoms with van der Waals surface area (Å²) in [5, 5.41) is 5.32. The predicted octanol–water partition coefficient (Wildman–Crippen LogP) is 0.494. The van der Waals surface area contributed by atoms with E-state index < -0.39 is 11.4 Å². The second kappa shape index (κ2) is 5.00. The first-order valence-corrected chi connectivity index (χ1v) is 5.46. The average molecular weight is 213 g/mol. The molecule has 5 nitrogen and oxygen atoms in total. The molecular formula is C10H19N3O2. The van der Waals surface area contributed by atoms with E-state index in [1.54, 1.807) is 0 Å². The molecule has 0 radical (unpaired) electrons. The van der Waals surface area contributed by atoms with Crippen molar-refractivity contribution in [2.24, 2.45) is 5.73 Å². The van der Waals surface area contributed by atoms with Gasteiger partial charge < -0.3 is 16.4 Å².